The molecule has 0 bridgehead atoms. The van der Waals surface area contributed by atoms with Gasteiger partial charge in [0.25, 0.3) is 0 Å². The number of carbonyl (C=O) groups is 1. The van der Waals surface area contributed by atoms with Crippen LogP contribution < -0.4 is 10.6 Å². The molecule has 116 valence electrons. The summed E-state index contributed by atoms with van der Waals surface area (Å²) in [5.41, 5.74) is -0.529. The first kappa shape index (κ1) is 14.7. The Bertz CT molecular complexity index is 697. The minimum atomic E-state index is -0.928. The standard InChI is InChI=1S/C13H12ClF2N5O/c14-7-3-9(15)12(10(16)4-7)20-13(22)19-8-1-2-11-17-6-18-21(11)5-8/h3-4,6,8H,1-2,5H2,(H2,19,20,22). The first-order valence-electron chi connectivity index (χ1n) is 6.61. The van der Waals surface area contributed by atoms with Crippen molar-refractivity contribution in [2.75, 3.05) is 5.32 Å². The number of rotatable bonds is 2. The first-order valence-corrected chi connectivity index (χ1v) is 6.99. The van der Waals surface area contributed by atoms with Crippen molar-refractivity contribution in [3.63, 3.8) is 0 Å². The molecule has 0 saturated carbocycles. The number of nitrogens with one attached hydrogen (secondary N) is 2. The van der Waals surface area contributed by atoms with E-state index in [0.29, 0.717) is 19.4 Å². The summed E-state index contributed by atoms with van der Waals surface area (Å²) in [7, 11) is 0. The maximum Gasteiger partial charge on any atom is 0.319 e. The molecule has 3 rings (SSSR count). The SMILES string of the molecule is O=C(Nc1c(F)cc(Cl)cc1F)NC1CCc2ncnn2C1. The van der Waals surface area contributed by atoms with E-state index in [9.17, 15) is 13.6 Å². The van der Waals surface area contributed by atoms with Crippen LogP contribution in [0, 0.1) is 11.6 Å². The van der Waals surface area contributed by atoms with Crippen molar-refractivity contribution >= 4 is 23.3 Å². The van der Waals surface area contributed by atoms with Gasteiger partial charge in [0.15, 0.2) is 11.6 Å². The minimum absolute atomic E-state index is 0.0769. The molecule has 6 nitrogen and oxygen atoms in total. The van der Waals surface area contributed by atoms with Crippen molar-refractivity contribution < 1.29 is 13.6 Å². The van der Waals surface area contributed by atoms with E-state index in [1.165, 1.54) is 6.33 Å². The Kier molecular flexibility index (Phi) is 3.93. The van der Waals surface area contributed by atoms with Crippen molar-refractivity contribution in [2.24, 2.45) is 0 Å². The second-order valence-corrected chi connectivity index (χ2v) is 5.37. The zero-order chi connectivity index (χ0) is 15.7. The summed E-state index contributed by atoms with van der Waals surface area (Å²) < 4.78 is 28.9. The van der Waals surface area contributed by atoms with Gasteiger partial charge in [-0.2, -0.15) is 5.10 Å². The predicted octanol–water partition coefficient (Wildman–Crippen LogP) is 2.35. The lowest BCUT2D eigenvalue weighted by Gasteiger charge is -2.23. The highest BCUT2D eigenvalue weighted by atomic mass is 35.5. The third-order valence-electron chi connectivity index (χ3n) is 3.39. The molecule has 0 spiro atoms. The molecule has 1 aliphatic heterocycles. The molecule has 1 aromatic carbocycles. The number of fused-ring (bicyclic) bond motifs is 1. The van der Waals surface area contributed by atoms with Crippen LogP contribution in [0.15, 0.2) is 18.5 Å². The van der Waals surface area contributed by atoms with Crippen LogP contribution in [0.3, 0.4) is 0 Å². The van der Waals surface area contributed by atoms with Crippen LogP contribution in [-0.2, 0) is 13.0 Å². The summed E-state index contributed by atoms with van der Waals surface area (Å²) >= 11 is 5.53. The molecule has 2 heterocycles. The van der Waals surface area contributed by atoms with Gasteiger partial charge in [0.1, 0.15) is 17.8 Å². The predicted molar refractivity (Wildman–Crippen MR) is 75.7 cm³/mol. The fourth-order valence-corrected chi connectivity index (χ4v) is 2.54. The number of aromatic nitrogens is 3. The van der Waals surface area contributed by atoms with E-state index in [1.807, 2.05) is 0 Å². The van der Waals surface area contributed by atoms with E-state index in [2.05, 4.69) is 20.7 Å². The van der Waals surface area contributed by atoms with Crippen LogP contribution in [0.25, 0.3) is 0 Å². The third-order valence-corrected chi connectivity index (χ3v) is 3.60. The van der Waals surface area contributed by atoms with Crippen LogP contribution in [0.1, 0.15) is 12.2 Å². The van der Waals surface area contributed by atoms with Gasteiger partial charge in [-0.15, -0.1) is 0 Å². The Labute approximate surface area is 129 Å². The van der Waals surface area contributed by atoms with Gasteiger partial charge in [-0.25, -0.2) is 23.2 Å². The van der Waals surface area contributed by atoms with E-state index in [4.69, 9.17) is 11.6 Å². The maximum absolute atomic E-state index is 13.6. The van der Waals surface area contributed by atoms with Gasteiger partial charge in [0.05, 0.1) is 12.6 Å². The van der Waals surface area contributed by atoms with E-state index >= 15 is 0 Å². The lowest BCUT2D eigenvalue weighted by Crippen LogP contribution is -2.43. The van der Waals surface area contributed by atoms with Crippen molar-refractivity contribution in [1.82, 2.24) is 20.1 Å². The molecule has 0 saturated heterocycles. The normalized spacial score (nSPS) is 17.0. The van der Waals surface area contributed by atoms with Crippen LogP contribution in [-0.4, -0.2) is 26.8 Å². The molecule has 2 N–H and O–H groups in total. The second kappa shape index (κ2) is 5.88. The number of benzene rings is 1. The number of halogens is 3. The molecule has 2 aromatic rings. The minimum Gasteiger partial charge on any atom is -0.333 e. The smallest absolute Gasteiger partial charge is 0.319 e. The third kappa shape index (κ3) is 3.01. The highest BCUT2D eigenvalue weighted by Crippen LogP contribution is 2.23. The zero-order valence-corrected chi connectivity index (χ0v) is 12.1. The Morgan fingerprint density at radius 3 is 2.82 bits per heavy atom. The highest BCUT2D eigenvalue weighted by molar-refractivity contribution is 6.30. The summed E-state index contributed by atoms with van der Waals surface area (Å²) in [5.74, 6) is -1.00. The lowest BCUT2D eigenvalue weighted by atomic mass is 10.1. The fourth-order valence-electron chi connectivity index (χ4n) is 2.35. The van der Waals surface area contributed by atoms with Crippen LogP contribution >= 0.6 is 11.6 Å². The Balaban J connectivity index is 1.64. The Hall–Kier alpha value is -2.22. The highest BCUT2D eigenvalue weighted by Gasteiger charge is 2.22. The van der Waals surface area contributed by atoms with E-state index in [-0.39, 0.29) is 11.1 Å². The fraction of sp³-hybridized carbons (Fsp3) is 0.308. The van der Waals surface area contributed by atoms with Crippen LogP contribution in [0.4, 0.5) is 19.3 Å². The molecule has 9 heteroatoms. The van der Waals surface area contributed by atoms with E-state index in [0.717, 1.165) is 18.0 Å². The molecule has 2 amide bonds. The summed E-state index contributed by atoms with van der Waals surface area (Å²) in [6.07, 6.45) is 2.81. The number of nitrogens with zero attached hydrogens (tertiary/aromatic N) is 3. The number of hydrogen-bond donors (Lipinski definition) is 2. The van der Waals surface area contributed by atoms with Gasteiger partial charge in [-0.3, -0.25) is 0 Å². The molecule has 0 fully saturated rings. The average Bonchev–Trinajstić information content (AvgIpc) is 2.90. The van der Waals surface area contributed by atoms with Crippen LogP contribution in [0.2, 0.25) is 5.02 Å². The number of anilines is 1. The monoisotopic (exact) mass is 327 g/mol. The number of amides is 2. The maximum atomic E-state index is 13.6. The molecule has 0 radical (unpaired) electrons. The molecular formula is C13H12ClF2N5O. The van der Waals surface area contributed by atoms with Gasteiger partial charge in [0, 0.05) is 11.4 Å². The number of hydrogen-bond acceptors (Lipinski definition) is 3. The van der Waals surface area contributed by atoms with Gasteiger partial charge in [-0.1, -0.05) is 11.6 Å². The quantitative estimate of drug-likeness (QED) is 0.889. The number of carbonyl (C=O) groups excluding carboxylic acids is 1. The second-order valence-electron chi connectivity index (χ2n) is 4.94. The molecule has 1 atom stereocenters. The van der Waals surface area contributed by atoms with Gasteiger partial charge >= 0.3 is 6.03 Å². The molecule has 0 aliphatic carbocycles. The van der Waals surface area contributed by atoms with Crippen molar-refractivity contribution in [3.8, 4) is 0 Å². The molecule has 1 unspecified atom stereocenters. The first-order chi connectivity index (χ1) is 10.5. The molecule has 1 aliphatic rings. The molecule has 1 aromatic heterocycles. The van der Waals surface area contributed by atoms with E-state index < -0.39 is 23.4 Å². The van der Waals surface area contributed by atoms with Gasteiger partial charge in [0.2, 0.25) is 0 Å². The number of urea groups is 1. The number of aryl methyl sites for hydroxylation is 1. The van der Waals surface area contributed by atoms with Crippen molar-refractivity contribution in [1.29, 1.82) is 0 Å². The summed E-state index contributed by atoms with van der Waals surface area (Å²) in [6.45, 7) is 0.467. The molecule has 22 heavy (non-hydrogen) atoms. The van der Waals surface area contributed by atoms with Crippen LogP contribution in [0.5, 0.6) is 0 Å². The van der Waals surface area contributed by atoms with Gasteiger partial charge < -0.3 is 10.6 Å². The summed E-state index contributed by atoms with van der Waals surface area (Å²) in [6, 6.07) is 0.992. The summed E-state index contributed by atoms with van der Waals surface area (Å²) in [4.78, 5) is 16.0. The summed E-state index contributed by atoms with van der Waals surface area (Å²) in [5, 5.41) is 8.79. The Morgan fingerprint density at radius 2 is 2.09 bits per heavy atom. The Morgan fingerprint density at radius 1 is 1.36 bits per heavy atom. The van der Waals surface area contributed by atoms with Crippen molar-refractivity contribution in [3.05, 3.63) is 40.9 Å². The molecular weight excluding hydrogens is 316 g/mol. The lowest BCUT2D eigenvalue weighted by molar-refractivity contribution is 0.243. The van der Waals surface area contributed by atoms with E-state index in [1.54, 1.807) is 4.68 Å². The van der Waals surface area contributed by atoms with Crippen molar-refractivity contribution in [2.45, 2.75) is 25.4 Å². The average molecular weight is 328 g/mol. The topological polar surface area (TPSA) is 71.8 Å². The zero-order valence-electron chi connectivity index (χ0n) is 11.3. The van der Waals surface area contributed by atoms with Gasteiger partial charge in [-0.05, 0) is 18.6 Å². The largest absolute Gasteiger partial charge is 0.333 e.